The predicted octanol–water partition coefficient (Wildman–Crippen LogP) is -0.191. The van der Waals surface area contributed by atoms with E-state index in [0.717, 1.165) is 5.56 Å². The number of aromatic nitrogens is 2. The Morgan fingerprint density at radius 3 is 2.52 bits per heavy atom. The van der Waals surface area contributed by atoms with Crippen LogP contribution in [0.5, 0.6) is 0 Å². The first-order valence-electron chi connectivity index (χ1n) is 6.36. The van der Waals surface area contributed by atoms with Gasteiger partial charge in [-0.25, -0.2) is 9.97 Å². The van der Waals surface area contributed by atoms with E-state index in [1.54, 1.807) is 0 Å². The molecule has 0 spiro atoms. The second-order valence-corrected chi connectivity index (χ2v) is 4.39. The Morgan fingerprint density at radius 1 is 1.24 bits per heavy atom. The molecule has 0 unspecified atom stereocenters. The maximum Gasteiger partial charge on any atom is 0.274 e. The average Bonchev–Trinajstić information content (AvgIpc) is 2.53. The van der Waals surface area contributed by atoms with Crippen LogP contribution in [-0.4, -0.2) is 45.3 Å². The van der Waals surface area contributed by atoms with Crippen LogP contribution in [0.3, 0.4) is 0 Å². The van der Waals surface area contributed by atoms with Crippen LogP contribution >= 0.6 is 0 Å². The third-order valence-corrected chi connectivity index (χ3v) is 2.86. The van der Waals surface area contributed by atoms with Crippen molar-refractivity contribution in [1.82, 2.24) is 15.3 Å². The summed E-state index contributed by atoms with van der Waals surface area (Å²) in [5.41, 5.74) is 6.95. The van der Waals surface area contributed by atoms with Crippen molar-refractivity contribution in [2.75, 3.05) is 18.9 Å². The second kappa shape index (κ2) is 6.78. The summed E-state index contributed by atoms with van der Waals surface area (Å²) in [6, 6.07) is 8.48. The highest BCUT2D eigenvalue weighted by molar-refractivity contribution is 5.97. The Labute approximate surface area is 121 Å². The predicted molar refractivity (Wildman–Crippen MR) is 77.3 cm³/mol. The average molecular weight is 288 g/mol. The molecule has 1 amide bonds. The molecule has 21 heavy (non-hydrogen) atoms. The molecule has 0 bridgehead atoms. The number of nitrogens with one attached hydrogen (secondary N) is 1. The third kappa shape index (κ3) is 3.53. The Hall–Kier alpha value is -2.51. The first-order chi connectivity index (χ1) is 10.2. The smallest absolute Gasteiger partial charge is 0.274 e. The molecule has 0 atom stereocenters. The van der Waals surface area contributed by atoms with Gasteiger partial charge >= 0.3 is 0 Å². The van der Waals surface area contributed by atoms with Gasteiger partial charge in [0.05, 0.1) is 31.1 Å². The summed E-state index contributed by atoms with van der Waals surface area (Å²) >= 11 is 0. The van der Waals surface area contributed by atoms with E-state index < -0.39 is 11.9 Å². The van der Waals surface area contributed by atoms with E-state index in [1.165, 1.54) is 6.20 Å². The molecule has 110 valence electrons. The number of hydrogen-bond acceptors (Lipinski definition) is 6. The van der Waals surface area contributed by atoms with Crippen LogP contribution in [0.4, 0.5) is 5.82 Å². The van der Waals surface area contributed by atoms with Crippen LogP contribution in [0.15, 0.2) is 36.5 Å². The number of amides is 1. The van der Waals surface area contributed by atoms with Crippen molar-refractivity contribution in [1.29, 1.82) is 0 Å². The highest BCUT2D eigenvalue weighted by atomic mass is 16.3. The van der Waals surface area contributed by atoms with Gasteiger partial charge in [-0.1, -0.05) is 30.3 Å². The van der Waals surface area contributed by atoms with Gasteiger partial charge in [-0.05, 0) is 0 Å². The van der Waals surface area contributed by atoms with Crippen LogP contribution in [0.1, 0.15) is 10.5 Å². The summed E-state index contributed by atoms with van der Waals surface area (Å²) in [4.78, 5) is 20.2. The van der Waals surface area contributed by atoms with Gasteiger partial charge in [-0.3, -0.25) is 4.79 Å². The summed E-state index contributed by atoms with van der Waals surface area (Å²) in [5.74, 6) is -0.604. The monoisotopic (exact) mass is 288 g/mol. The zero-order valence-corrected chi connectivity index (χ0v) is 11.2. The highest BCUT2D eigenvalue weighted by Crippen LogP contribution is 2.17. The van der Waals surface area contributed by atoms with Gasteiger partial charge in [0.2, 0.25) is 0 Å². The van der Waals surface area contributed by atoms with E-state index in [9.17, 15) is 4.79 Å². The minimum Gasteiger partial charge on any atom is -0.394 e. The number of nitrogens with zero attached hydrogens (tertiary/aromatic N) is 2. The molecule has 0 saturated carbocycles. The van der Waals surface area contributed by atoms with E-state index in [-0.39, 0.29) is 24.7 Å². The molecule has 0 fully saturated rings. The molecular weight excluding hydrogens is 272 g/mol. The number of rotatable bonds is 5. The van der Waals surface area contributed by atoms with Gasteiger partial charge in [0.1, 0.15) is 0 Å². The summed E-state index contributed by atoms with van der Waals surface area (Å²) in [6.45, 7) is -0.762. The highest BCUT2D eigenvalue weighted by Gasteiger charge is 2.17. The first kappa shape index (κ1) is 14.9. The zero-order chi connectivity index (χ0) is 15.2. The SMILES string of the molecule is Nc1ncc(-c2ccccc2)nc1C(=O)NC(CO)CO. The molecule has 0 saturated heterocycles. The third-order valence-electron chi connectivity index (χ3n) is 2.86. The van der Waals surface area contributed by atoms with Gasteiger partial charge < -0.3 is 21.3 Å². The standard InChI is InChI=1S/C14H16N4O3/c15-13-12(14(21)17-10(7-19)8-20)18-11(6-16-13)9-4-2-1-3-5-9/h1-6,10,19-20H,7-8H2,(H2,15,16)(H,17,21). The molecule has 0 aliphatic heterocycles. The van der Waals surface area contributed by atoms with Crippen molar-refractivity contribution >= 4 is 11.7 Å². The second-order valence-electron chi connectivity index (χ2n) is 4.39. The van der Waals surface area contributed by atoms with E-state index in [2.05, 4.69) is 15.3 Å². The Kier molecular flexibility index (Phi) is 4.81. The molecule has 7 heteroatoms. The number of nitrogens with two attached hydrogens (primary N) is 1. The molecule has 1 heterocycles. The molecule has 7 nitrogen and oxygen atoms in total. The number of aliphatic hydroxyl groups is 2. The Balaban J connectivity index is 2.29. The summed E-state index contributed by atoms with van der Waals surface area (Å²) in [7, 11) is 0. The first-order valence-corrected chi connectivity index (χ1v) is 6.36. The maximum absolute atomic E-state index is 12.1. The van der Waals surface area contributed by atoms with Gasteiger partial charge in [0.15, 0.2) is 11.5 Å². The summed E-state index contributed by atoms with van der Waals surface area (Å²) in [6.07, 6.45) is 1.48. The Bertz CT molecular complexity index is 615. The van der Waals surface area contributed by atoms with E-state index in [4.69, 9.17) is 15.9 Å². The molecule has 5 N–H and O–H groups in total. The lowest BCUT2D eigenvalue weighted by Crippen LogP contribution is -2.40. The van der Waals surface area contributed by atoms with Crippen LogP contribution in [0.2, 0.25) is 0 Å². The van der Waals surface area contributed by atoms with Gasteiger partial charge in [0, 0.05) is 5.56 Å². The number of carbonyl (C=O) groups excluding carboxylic acids is 1. The minimum absolute atomic E-state index is 0.0122. The summed E-state index contributed by atoms with van der Waals surface area (Å²) in [5, 5.41) is 20.4. The topological polar surface area (TPSA) is 121 Å². The van der Waals surface area contributed by atoms with E-state index in [0.29, 0.717) is 5.69 Å². The van der Waals surface area contributed by atoms with Crippen molar-refractivity contribution in [3.05, 3.63) is 42.2 Å². The van der Waals surface area contributed by atoms with Gasteiger partial charge in [-0.2, -0.15) is 0 Å². The quantitative estimate of drug-likeness (QED) is 0.605. The number of benzene rings is 1. The molecule has 2 rings (SSSR count). The van der Waals surface area contributed by atoms with Crippen LogP contribution < -0.4 is 11.1 Å². The molecule has 0 radical (unpaired) electrons. The lowest BCUT2D eigenvalue weighted by molar-refractivity contribution is 0.0875. The van der Waals surface area contributed by atoms with Crippen molar-refractivity contribution in [3.63, 3.8) is 0 Å². The van der Waals surface area contributed by atoms with Gasteiger partial charge in [0.25, 0.3) is 5.91 Å². The van der Waals surface area contributed by atoms with Gasteiger partial charge in [-0.15, -0.1) is 0 Å². The van der Waals surface area contributed by atoms with Crippen molar-refractivity contribution in [3.8, 4) is 11.3 Å². The lowest BCUT2D eigenvalue weighted by Gasteiger charge is -2.14. The molecule has 0 aliphatic rings. The molecule has 2 aromatic rings. The fourth-order valence-corrected chi connectivity index (χ4v) is 1.72. The lowest BCUT2D eigenvalue weighted by atomic mass is 10.1. The van der Waals surface area contributed by atoms with E-state index in [1.807, 2.05) is 30.3 Å². The molecular formula is C14H16N4O3. The minimum atomic E-state index is -0.765. The largest absolute Gasteiger partial charge is 0.394 e. The normalized spacial score (nSPS) is 10.6. The number of carbonyl (C=O) groups is 1. The Morgan fingerprint density at radius 2 is 1.90 bits per heavy atom. The van der Waals surface area contributed by atoms with Crippen LogP contribution in [0.25, 0.3) is 11.3 Å². The maximum atomic E-state index is 12.1. The van der Waals surface area contributed by atoms with Crippen molar-refractivity contribution < 1.29 is 15.0 Å². The summed E-state index contributed by atoms with van der Waals surface area (Å²) < 4.78 is 0. The van der Waals surface area contributed by atoms with Crippen LogP contribution in [-0.2, 0) is 0 Å². The number of anilines is 1. The fraction of sp³-hybridized carbons (Fsp3) is 0.214. The van der Waals surface area contributed by atoms with Crippen molar-refractivity contribution in [2.45, 2.75) is 6.04 Å². The van der Waals surface area contributed by atoms with Crippen LogP contribution in [0, 0.1) is 0 Å². The van der Waals surface area contributed by atoms with E-state index >= 15 is 0 Å². The number of hydrogen-bond donors (Lipinski definition) is 4. The zero-order valence-electron chi connectivity index (χ0n) is 11.2. The fourth-order valence-electron chi connectivity index (χ4n) is 1.72. The molecule has 1 aromatic heterocycles. The number of aliphatic hydroxyl groups excluding tert-OH is 2. The van der Waals surface area contributed by atoms with Crippen molar-refractivity contribution in [2.24, 2.45) is 0 Å². The number of nitrogen functional groups attached to an aromatic ring is 1. The molecule has 1 aromatic carbocycles. The molecule has 0 aliphatic carbocycles.